The van der Waals surface area contributed by atoms with E-state index in [1.165, 1.54) is 12.1 Å². The highest BCUT2D eigenvalue weighted by atomic mass is 35.5. The molecule has 0 atom stereocenters. The molecule has 0 amide bonds. The summed E-state index contributed by atoms with van der Waals surface area (Å²) >= 11 is 7.42. The number of benzene rings is 3. The maximum Gasteiger partial charge on any atom is 0.359 e. The number of rotatable bonds is 6. The Balaban J connectivity index is 1.70. The van der Waals surface area contributed by atoms with Crippen LogP contribution in [0.1, 0.15) is 17.4 Å². The van der Waals surface area contributed by atoms with E-state index in [0.29, 0.717) is 22.2 Å². The third-order valence-corrected chi connectivity index (χ3v) is 6.43. The van der Waals surface area contributed by atoms with Crippen LogP contribution in [0.2, 0.25) is 4.34 Å². The maximum atomic E-state index is 12.3. The molecule has 9 nitrogen and oxygen atoms in total. The molecule has 0 aliphatic carbocycles. The Morgan fingerprint density at radius 2 is 1.83 bits per heavy atom. The Kier molecular flexibility index (Phi) is 5.98. The lowest BCUT2D eigenvalue weighted by Crippen LogP contribution is -2.06. The number of halogens is 1. The second-order valence-corrected chi connectivity index (χ2v) is 8.94. The van der Waals surface area contributed by atoms with Gasteiger partial charge in [0.15, 0.2) is 22.4 Å². The van der Waals surface area contributed by atoms with Crippen molar-refractivity contribution in [1.82, 2.24) is 19.7 Å². The monoisotopic (exact) mass is 505 g/mol. The third-order valence-electron chi connectivity index (χ3n) is 5.18. The van der Waals surface area contributed by atoms with Gasteiger partial charge in [-0.3, -0.25) is 10.1 Å². The zero-order chi connectivity index (χ0) is 24.5. The molecule has 0 aliphatic rings. The van der Waals surface area contributed by atoms with Gasteiger partial charge in [0.2, 0.25) is 0 Å². The van der Waals surface area contributed by atoms with E-state index in [9.17, 15) is 14.9 Å². The van der Waals surface area contributed by atoms with Crippen molar-refractivity contribution in [2.45, 2.75) is 6.92 Å². The number of fused-ring (bicyclic) bond motifs is 1. The number of non-ortho nitro benzene ring substituents is 1. The van der Waals surface area contributed by atoms with Crippen LogP contribution < -0.4 is 0 Å². The molecule has 0 saturated carbocycles. The van der Waals surface area contributed by atoms with Gasteiger partial charge in [0.25, 0.3) is 5.69 Å². The third kappa shape index (κ3) is 4.25. The van der Waals surface area contributed by atoms with Gasteiger partial charge in [0, 0.05) is 23.1 Å². The van der Waals surface area contributed by atoms with Crippen LogP contribution in [-0.4, -0.2) is 37.2 Å². The summed E-state index contributed by atoms with van der Waals surface area (Å²) in [6.07, 6.45) is 0. The summed E-state index contributed by atoms with van der Waals surface area (Å²) in [6.45, 7) is 1.89. The molecule has 3 aromatic carbocycles. The van der Waals surface area contributed by atoms with Crippen molar-refractivity contribution in [3.8, 4) is 27.9 Å². The van der Waals surface area contributed by atoms with E-state index in [2.05, 4.69) is 9.97 Å². The minimum atomic E-state index is -0.619. The van der Waals surface area contributed by atoms with Crippen molar-refractivity contribution >= 4 is 45.4 Å². The summed E-state index contributed by atoms with van der Waals surface area (Å²) < 4.78 is 6.88. The lowest BCUT2D eigenvalue weighted by Gasteiger charge is -2.08. The normalized spacial score (nSPS) is 11.0. The van der Waals surface area contributed by atoms with Crippen molar-refractivity contribution in [1.29, 1.82) is 0 Å². The molecule has 174 valence electrons. The molecular formula is C24H16ClN5O4S. The fourth-order valence-corrected chi connectivity index (χ4v) is 4.68. The molecule has 0 spiro atoms. The highest BCUT2D eigenvalue weighted by Crippen LogP contribution is 2.35. The van der Waals surface area contributed by atoms with Gasteiger partial charge < -0.3 is 4.74 Å². The number of hydrogen-bond donors (Lipinski definition) is 0. The molecule has 0 bridgehead atoms. The molecule has 2 aromatic heterocycles. The van der Waals surface area contributed by atoms with Gasteiger partial charge in [-0.05, 0) is 30.5 Å². The fourth-order valence-electron chi connectivity index (χ4n) is 3.59. The van der Waals surface area contributed by atoms with E-state index in [4.69, 9.17) is 21.4 Å². The van der Waals surface area contributed by atoms with Crippen molar-refractivity contribution in [3.05, 3.63) is 86.9 Å². The Labute approximate surface area is 207 Å². The van der Waals surface area contributed by atoms with E-state index in [1.807, 2.05) is 42.5 Å². The largest absolute Gasteiger partial charge is 0.461 e. The van der Waals surface area contributed by atoms with Crippen LogP contribution in [0.15, 0.2) is 66.7 Å². The van der Waals surface area contributed by atoms with Gasteiger partial charge in [-0.2, -0.15) is 0 Å². The first-order chi connectivity index (χ1) is 17.0. The number of esters is 1. The summed E-state index contributed by atoms with van der Waals surface area (Å²) in [5.74, 6) is 0.0933. The molecule has 0 radical (unpaired) electrons. The number of nitro groups is 1. The molecule has 35 heavy (non-hydrogen) atoms. The van der Waals surface area contributed by atoms with Gasteiger partial charge in [0.05, 0.1) is 17.2 Å². The number of ether oxygens (including phenoxy) is 1. The van der Waals surface area contributed by atoms with Crippen LogP contribution in [0.3, 0.4) is 0 Å². The Hall–Kier alpha value is -4.15. The van der Waals surface area contributed by atoms with Crippen LogP contribution in [-0.2, 0) is 4.74 Å². The van der Waals surface area contributed by atoms with E-state index in [-0.39, 0.29) is 22.3 Å². The average Bonchev–Trinajstić information content (AvgIpc) is 3.48. The molecule has 11 heteroatoms. The molecule has 5 aromatic rings. The zero-order valence-corrected chi connectivity index (χ0v) is 19.8. The first kappa shape index (κ1) is 22.6. The second-order valence-electron chi connectivity index (χ2n) is 7.33. The molecule has 0 N–H and O–H groups in total. The van der Waals surface area contributed by atoms with Crippen LogP contribution in [0.4, 0.5) is 5.69 Å². The van der Waals surface area contributed by atoms with Gasteiger partial charge in [-0.1, -0.05) is 59.3 Å². The summed E-state index contributed by atoms with van der Waals surface area (Å²) in [5.41, 5.74) is 1.32. The second kappa shape index (κ2) is 9.24. The lowest BCUT2D eigenvalue weighted by atomic mass is 10.1. The van der Waals surface area contributed by atoms with E-state index in [1.54, 1.807) is 23.7 Å². The zero-order valence-electron chi connectivity index (χ0n) is 18.2. The number of thiazole rings is 1. The van der Waals surface area contributed by atoms with Crippen LogP contribution in [0.25, 0.3) is 38.7 Å². The van der Waals surface area contributed by atoms with Gasteiger partial charge in [-0.15, -0.1) is 5.10 Å². The van der Waals surface area contributed by atoms with Crippen molar-refractivity contribution in [3.63, 3.8) is 0 Å². The molecule has 0 fully saturated rings. The topological polar surface area (TPSA) is 113 Å². The predicted octanol–water partition coefficient (Wildman–Crippen LogP) is 5.95. The standard InChI is InChI=1S/C24H16ClN5O4S/c1-2-34-24(31)19-20(25)35-23(26-19)22-27-21(15-10-12-16(13-11-15)30(32)33)28-29(22)18-9-5-7-14-6-3-4-8-17(14)18/h3-13H,2H2,1H3. The first-order valence-electron chi connectivity index (χ1n) is 10.5. The van der Waals surface area contributed by atoms with E-state index < -0.39 is 10.9 Å². The van der Waals surface area contributed by atoms with Gasteiger partial charge in [0.1, 0.15) is 4.34 Å². The molecule has 0 unspecified atom stereocenters. The van der Waals surface area contributed by atoms with Crippen LogP contribution in [0.5, 0.6) is 0 Å². The van der Waals surface area contributed by atoms with Crippen LogP contribution in [0, 0.1) is 10.1 Å². The first-order valence-corrected chi connectivity index (χ1v) is 11.7. The number of hydrogen-bond acceptors (Lipinski definition) is 8. The maximum absolute atomic E-state index is 12.3. The van der Waals surface area contributed by atoms with E-state index in [0.717, 1.165) is 27.8 Å². The highest BCUT2D eigenvalue weighted by Gasteiger charge is 2.24. The quantitative estimate of drug-likeness (QED) is 0.159. The molecule has 0 aliphatic heterocycles. The molecule has 2 heterocycles. The van der Waals surface area contributed by atoms with Gasteiger partial charge >= 0.3 is 5.97 Å². The summed E-state index contributed by atoms with van der Waals surface area (Å²) in [7, 11) is 0. The summed E-state index contributed by atoms with van der Waals surface area (Å²) in [5, 5.41) is 18.1. The number of nitrogens with zero attached hydrogens (tertiary/aromatic N) is 5. The number of nitro benzene ring substituents is 1. The highest BCUT2D eigenvalue weighted by molar-refractivity contribution is 7.19. The summed E-state index contributed by atoms with van der Waals surface area (Å²) in [4.78, 5) is 32.0. The smallest absolute Gasteiger partial charge is 0.359 e. The minimum Gasteiger partial charge on any atom is -0.461 e. The van der Waals surface area contributed by atoms with Crippen LogP contribution >= 0.6 is 22.9 Å². The number of carbonyl (C=O) groups is 1. The molecule has 5 rings (SSSR count). The Morgan fingerprint density at radius 3 is 2.57 bits per heavy atom. The SMILES string of the molecule is CCOC(=O)c1nc(-c2nc(-c3ccc([N+](=O)[O-])cc3)nn2-c2cccc3ccccc23)sc1Cl. The lowest BCUT2D eigenvalue weighted by molar-refractivity contribution is -0.384. The fraction of sp³-hybridized carbons (Fsp3) is 0.0833. The minimum absolute atomic E-state index is 0.0119. The number of carbonyl (C=O) groups excluding carboxylic acids is 1. The predicted molar refractivity (Wildman–Crippen MR) is 133 cm³/mol. The Morgan fingerprint density at radius 1 is 1.09 bits per heavy atom. The van der Waals surface area contributed by atoms with Gasteiger partial charge in [-0.25, -0.2) is 19.4 Å². The average molecular weight is 506 g/mol. The van der Waals surface area contributed by atoms with E-state index >= 15 is 0 Å². The summed E-state index contributed by atoms with van der Waals surface area (Å²) in [6, 6.07) is 19.6. The molecule has 0 saturated heterocycles. The molecular weight excluding hydrogens is 490 g/mol. The van der Waals surface area contributed by atoms with Crippen molar-refractivity contribution in [2.75, 3.05) is 6.61 Å². The Bertz CT molecular complexity index is 1570. The number of aromatic nitrogens is 4. The van der Waals surface area contributed by atoms with Crippen molar-refractivity contribution < 1.29 is 14.5 Å². The van der Waals surface area contributed by atoms with Crippen molar-refractivity contribution in [2.24, 2.45) is 0 Å².